The molecule has 1 atom stereocenters. The van der Waals surface area contributed by atoms with Gasteiger partial charge in [-0.1, -0.05) is 36.8 Å². The first-order valence-electron chi connectivity index (χ1n) is 11.6. The highest BCUT2D eigenvalue weighted by atomic mass is 16.5. The van der Waals surface area contributed by atoms with Gasteiger partial charge in [-0.3, -0.25) is 4.99 Å². The molecule has 34 heavy (non-hydrogen) atoms. The smallest absolute Gasteiger partial charge is 0.253 e. The first-order chi connectivity index (χ1) is 16.6. The van der Waals surface area contributed by atoms with Crippen molar-refractivity contribution < 1.29 is 9.15 Å². The largest absolute Gasteiger partial charge is 0.449 e. The molecular weight excluding hydrogens is 428 g/mol. The fraction of sp³-hybridized carbons (Fsp3) is 0.308. The van der Waals surface area contributed by atoms with Crippen LogP contribution in [0.5, 0.6) is 0 Å². The zero-order valence-electron chi connectivity index (χ0n) is 19.3. The van der Waals surface area contributed by atoms with Crippen LogP contribution in [0.25, 0.3) is 28.3 Å². The number of furan rings is 1. The van der Waals surface area contributed by atoms with Crippen LogP contribution in [0.3, 0.4) is 0 Å². The van der Waals surface area contributed by atoms with Gasteiger partial charge in [-0.2, -0.15) is 10.1 Å². The minimum absolute atomic E-state index is 0.421. The van der Waals surface area contributed by atoms with Crippen molar-refractivity contribution in [1.29, 1.82) is 0 Å². The van der Waals surface area contributed by atoms with Crippen LogP contribution in [0.1, 0.15) is 24.7 Å². The molecule has 5 heterocycles. The average Bonchev–Trinajstić information content (AvgIpc) is 3.52. The van der Waals surface area contributed by atoms with Crippen LogP contribution < -0.4 is 4.90 Å². The van der Waals surface area contributed by atoms with Crippen molar-refractivity contribution in [3.05, 3.63) is 66.2 Å². The van der Waals surface area contributed by atoms with Crippen molar-refractivity contribution >= 4 is 22.6 Å². The second-order valence-electron chi connectivity index (χ2n) is 8.89. The summed E-state index contributed by atoms with van der Waals surface area (Å²) in [5, 5.41) is 4.78. The number of aliphatic imine (C=N–C) groups is 1. The van der Waals surface area contributed by atoms with Crippen LogP contribution >= 0.6 is 0 Å². The van der Waals surface area contributed by atoms with E-state index in [2.05, 4.69) is 48.0 Å². The van der Waals surface area contributed by atoms with E-state index >= 15 is 0 Å². The van der Waals surface area contributed by atoms with E-state index in [1.54, 1.807) is 4.68 Å². The topological polar surface area (TPSA) is 81.6 Å². The van der Waals surface area contributed by atoms with Gasteiger partial charge < -0.3 is 14.1 Å². The van der Waals surface area contributed by atoms with E-state index in [4.69, 9.17) is 24.2 Å². The van der Waals surface area contributed by atoms with E-state index < -0.39 is 0 Å². The molecule has 4 aromatic rings. The summed E-state index contributed by atoms with van der Waals surface area (Å²) < 4.78 is 13.6. The van der Waals surface area contributed by atoms with Crippen LogP contribution in [0.4, 0.5) is 5.82 Å². The van der Waals surface area contributed by atoms with Gasteiger partial charge in [0.25, 0.3) is 5.95 Å². The minimum Gasteiger partial charge on any atom is -0.449 e. The molecule has 6 rings (SSSR count). The predicted molar refractivity (Wildman–Crippen MR) is 132 cm³/mol. The fourth-order valence-electron chi connectivity index (χ4n) is 4.40. The molecule has 1 aromatic carbocycles. The molecule has 0 aliphatic carbocycles. The monoisotopic (exact) mass is 454 g/mol. The molecule has 172 valence electrons. The molecule has 0 spiro atoms. The Morgan fingerprint density at radius 1 is 1.06 bits per heavy atom. The molecule has 3 aromatic heterocycles. The van der Waals surface area contributed by atoms with Crippen molar-refractivity contribution in [3.63, 3.8) is 0 Å². The number of nitrogens with zero attached hydrogens (tertiary/aromatic N) is 6. The van der Waals surface area contributed by atoms with Gasteiger partial charge >= 0.3 is 0 Å². The summed E-state index contributed by atoms with van der Waals surface area (Å²) in [6, 6.07) is 12.3. The van der Waals surface area contributed by atoms with Crippen molar-refractivity contribution in [2.24, 2.45) is 10.9 Å². The van der Waals surface area contributed by atoms with Gasteiger partial charge in [-0.05, 0) is 31.4 Å². The van der Waals surface area contributed by atoms with Gasteiger partial charge in [0.05, 0.1) is 24.6 Å². The maximum atomic E-state index is 6.32. The summed E-state index contributed by atoms with van der Waals surface area (Å²) in [6.45, 7) is 7.06. The van der Waals surface area contributed by atoms with E-state index in [1.807, 2.05) is 30.6 Å². The quantitative estimate of drug-likeness (QED) is 0.450. The third-order valence-corrected chi connectivity index (χ3v) is 6.21. The molecule has 1 fully saturated rings. The summed E-state index contributed by atoms with van der Waals surface area (Å²) in [4.78, 5) is 16.5. The second kappa shape index (κ2) is 8.53. The second-order valence-corrected chi connectivity index (χ2v) is 8.89. The van der Waals surface area contributed by atoms with Crippen LogP contribution in [-0.4, -0.2) is 51.8 Å². The Kier molecular flexibility index (Phi) is 5.22. The molecule has 2 aliphatic rings. The number of hydrogen-bond acceptors (Lipinski definition) is 7. The van der Waals surface area contributed by atoms with Crippen molar-refractivity contribution in [2.75, 3.05) is 31.2 Å². The molecule has 0 saturated carbocycles. The molecule has 0 N–H and O–H groups in total. The lowest BCUT2D eigenvalue weighted by Gasteiger charge is -2.27. The number of fused-ring (bicyclic) bond motifs is 1. The van der Waals surface area contributed by atoms with Gasteiger partial charge in [0.1, 0.15) is 5.52 Å². The zero-order chi connectivity index (χ0) is 23.1. The Labute approximate surface area is 197 Å². The van der Waals surface area contributed by atoms with Crippen LogP contribution in [0.15, 0.2) is 64.3 Å². The standard InChI is InChI=1S/C26H26N6O2/c1-17-4-3-5-19(14-17)20-7-9-32(30-20)26-28-22-16-23(21-15-18(2)6-8-27-21)34-24(22)25(29-26)31-10-12-33-13-11-31/h3-9,14,16,18H,10-13,15H2,1-2H3. The number of morpholine rings is 1. The van der Waals surface area contributed by atoms with Crippen LogP contribution in [0, 0.1) is 12.8 Å². The van der Waals surface area contributed by atoms with Gasteiger partial charge in [0.2, 0.25) is 0 Å². The van der Waals surface area contributed by atoms with Crippen molar-refractivity contribution in [1.82, 2.24) is 19.7 Å². The normalized spacial score (nSPS) is 18.5. The van der Waals surface area contributed by atoms with E-state index in [-0.39, 0.29) is 0 Å². The first-order valence-corrected chi connectivity index (χ1v) is 11.6. The van der Waals surface area contributed by atoms with E-state index in [0.29, 0.717) is 30.7 Å². The van der Waals surface area contributed by atoms with Crippen molar-refractivity contribution in [3.8, 4) is 17.2 Å². The fourth-order valence-corrected chi connectivity index (χ4v) is 4.40. The Morgan fingerprint density at radius 2 is 1.94 bits per heavy atom. The molecular formula is C26H26N6O2. The molecule has 2 aliphatic heterocycles. The summed E-state index contributed by atoms with van der Waals surface area (Å²) in [7, 11) is 0. The molecule has 0 bridgehead atoms. The van der Waals surface area contributed by atoms with Crippen molar-refractivity contribution in [2.45, 2.75) is 20.3 Å². The van der Waals surface area contributed by atoms with Crippen LogP contribution in [0.2, 0.25) is 0 Å². The molecule has 8 nitrogen and oxygen atoms in total. The molecule has 0 radical (unpaired) electrons. The van der Waals surface area contributed by atoms with Gasteiger partial charge in [-0.25, -0.2) is 9.67 Å². The summed E-state index contributed by atoms with van der Waals surface area (Å²) in [5.74, 6) is 2.44. The Morgan fingerprint density at radius 3 is 2.76 bits per heavy atom. The van der Waals surface area contributed by atoms with Gasteiger partial charge in [0, 0.05) is 37.1 Å². The van der Waals surface area contributed by atoms with E-state index in [0.717, 1.165) is 53.6 Å². The third kappa shape index (κ3) is 3.90. The maximum Gasteiger partial charge on any atom is 0.253 e. The number of anilines is 1. The number of rotatable bonds is 4. The number of allylic oxidation sites excluding steroid dienone is 1. The third-order valence-electron chi connectivity index (χ3n) is 6.21. The van der Waals surface area contributed by atoms with E-state index in [1.165, 1.54) is 5.56 Å². The molecule has 8 heteroatoms. The summed E-state index contributed by atoms with van der Waals surface area (Å²) >= 11 is 0. The number of benzene rings is 1. The molecule has 0 amide bonds. The number of ether oxygens (including phenoxy) is 1. The Hall–Kier alpha value is -3.78. The lowest BCUT2D eigenvalue weighted by Crippen LogP contribution is -2.37. The average molecular weight is 455 g/mol. The Bertz CT molecular complexity index is 1410. The molecule has 1 unspecified atom stereocenters. The number of aryl methyl sites for hydroxylation is 1. The van der Waals surface area contributed by atoms with Gasteiger partial charge in [-0.15, -0.1) is 0 Å². The van der Waals surface area contributed by atoms with E-state index in [9.17, 15) is 0 Å². The summed E-state index contributed by atoms with van der Waals surface area (Å²) in [5.41, 5.74) is 5.50. The maximum absolute atomic E-state index is 6.32. The Balaban J connectivity index is 1.45. The highest BCUT2D eigenvalue weighted by Gasteiger charge is 2.24. The SMILES string of the molecule is Cc1cccc(-c2ccn(-c3nc(N4CCOCC4)c4oc(C5=NC=CC(C)C5)cc4n3)n2)c1. The lowest BCUT2D eigenvalue weighted by atomic mass is 10.0. The summed E-state index contributed by atoms with van der Waals surface area (Å²) in [6.07, 6.45) is 6.70. The lowest BCUT2D eigenvalue weighted by molar-refractivity contribution is 0.122. The highest BCUT2D eigenvalue weighted by molar-refractivity contribution is 6.03. The van der Waals surface area contributed by atoms with Gasteiger partial charge in [0.15, 0.2) is 17.2 Å². The number of hydrogen-bond donors (Lipinski definition) is 0. The minimum atomic E-state index is 0.421. The van der Waals surface area contributed by atoms with Crippen LogP contribution in [-0.2, 0) is 4.74 Å². The zero-order valence-corrected chi connectivity index (χ0v) is 19.3. The highest BCUT2D eigenvalue weighted by Crippen LogP contribution is 2.31. The predicted octanol–water partition coefficient (Wildman–Crippen LogP) is 4.56. The molecule has 1 saturated heterocycles. The number of aromatic nitrogens is 4. The first kappa shape index (κ1) is 20.8.